The first-order valence-electron chi connectivity index (χ1n) is 19.6. The molecule has 3 amide bonds. The first kappa shape index (κ1) is 35.3. The minimum absolute atomic E-state index is 0.0114. The molecule has 0 spiro atoms. The van der Waals surface area contributed by atoms with E-state index in [4.69, 9.17) is 4.74 Å². The number of phenolic OH excluding ortho intramolecular Hbond substituents is 1. The number of fused-ring (bicyclic) bond motifs is 2. The molecule has 3 unspecified atom stereocenters. The van der Waals surface area contributed by atoms with Crippen molar-refractivity contribution in [3.05, 3.63) is 119 Å². The van der Waals surface area contributed by atoms with Crippen LogP contribution in [0.25, 0.3) is 0 Å². The summed E-state index contributed by atoms with van der Waals surface area (Å²) in [5.74, 6) is 0.494. The molecule has 5 aliphatic rings. The Morgan fingerprint density at radius 1 is 0.764 bits per heavy atom. The summed E-state index contributed by atoms with van der Waals surface area (Å²) in [6.45, 7) is 7.82. The number of phenols is 1. The average Bonchev–Trinajstić information content (AvgIpc) is 3.53. The minimum Gasteiger partial charge on any atom is -0.508 e. The van der Waals surface area contributed by atoms with Gasteiger partial charge in [0.25, 0.3) is 5.91 Å². The van der Waals surface area contributed by atoms with Gasteiger partial charge in [-0.3, -0.25) is 24.6 Å². The van der Waals surface area contributed by atoms with Crippen LogP contribution in [0.4, 0.5) is 15.8 Å². The van der Waals surface area contributed by atoms with Crippen LogP contribution in [0.2, 0.25) is 0 Å². The summed E-state index contributed by atoms with van der Waals surface area (Å²) in [6.07, 6.45) is 2.91. The fraction of sp³-hybridized carbons (Fsp3) is 0.386. The van der Waals surface area contributed by atoms with E-state index in [0.29, 0.717) is 36.8 Å². The maximum atomic E-state index is 13.8. The summed E-state index contributed by atoms with van der Waals surface area (Å²) in [4.78, 5) is 46.3. The summed E-state index contributed by atoms with van der Waals surface area (Å²) in [6, 6.07) is 26.4. The number of aromatic hydroxyl groups is 1. The van der Waals surface area contributed by atoms with Crippen LogP contribution in [0.3, 0.4) is 0 Å². The first-order chi connectivity index (χ1) is 26.8. The SMILES string of the molecule is O=C1CCC(N2Cc3cc(N4CCN(CC5CCN(c6ccc(C7c8ccc(O)cc8OCC7c7ccc(F)cc7)cc6)CC5)CC4)ccc3C2=O)C(=O)N1. The normalized spacial score (nSPS) is 23.3. The summed E-state index contributed by atoms with van der Waals surface area (Å²) >= 11 is 0. The monoisotopic (exact) mass is 743 g/mol. The van der Waals surface area contributed by atoms with Gasteiger partial charge in [0.2, 0.25) is 11.8 Å². The van der Waals surface area contributed by atoms with Crippen LogP contribution in [0.5, 0.6) is 11.5 Å². The van der Waals surface area contributed by atoms with Crippen LogP contribution >= 0.6 is 0 Å². The van der Waals surface area contributed by atoms with E-state index in [1.165, 1.54) is 23.4 Å². The van der Waals surface area contributed by atoms with Crippen LogP contribution in [0.15, 0.2) is 84.9 Å². The highest BCUT2D eigenvalue weighted by atomic mass is 19.1. The number of imide groups is 1. The summed E-state index contributed by atoms with van der Waals surface area (Å²) in [5, 5.41) is 12.5. The lowest BCUT2D eigenvalue weighted by Crippen LogP contribution is -2.52. The number of nitrogens with one attached hydrogen (secondary N) is 1. The molecule has 0 aromatic heterocycles. The molecule has 0 radical (unpaired) electrons. The van der Waals surface area contributed by atoms with Gasteiger partial charge in [-0.05, 0) is 90.4 Å². The molecule has 4 aromatic carbocycles. The van der Waals surface area contributed by atoms with Crippen LogP contribution < -0.4 is 19.9 Å². The largest absolute Gasteiger partial charge is 0.508 e. The van der Waals surface area contributed by atoms with E-state index in [0.717, 1.165) is 81.0 Å². The number of hydrogen-bond donors (Lipinski definition) is 2. The number of hydrogen-bond acceptors (Lipinski definition) is 8. The molecule has 10 nitrogen and oxygen atoms in total. The van der Waals surface area contributed by atoms with E-state index in [9.17, 15) is 23.9 Å². The number of ether oxygens (including phenoxy) is 1. The molecular formula is C44H46FN5O5. The Hall–Kier alpha value is -5.42. The fourth-order valence-corrected chi connectivity index (χ4v) is 9.39. The van der Waals surface area contributed by atoms with Crippen molar-refractivity contribution in [2.45, 2.75) is 50.1 Å². The van der Waals surface area contributed by atoms with Crippen LogP contribution in [0, 0.1) is 11.7 Å². The number of benzene rings is 4. The van der Waals surface area contributed by atoms with E-state index in [1.54, 1.807) is 17.0 Å². The Kier molecular flexibility index (Phi) is 9.41. The smallest absolute Gasteiger partial charge is 0.255 e. The van der Waals surface area contributed by atoms with Crippen LogP contribution in [-0.2, 0) is 16.1 Å². The van der Waals surface area contributed by atoms with Crippen molar-refractivity contribution >= 4 is 29.1 Å². The van der Waals surface area contributed by atoms with Crippen molar-refractivity contribution < 1.29 is 28.6 Å². The fourth-order valence-electron chi connectivity index (χ4n) is 9.39. The lowest BCUT2D eigenvalue weighted by Gasteiger charge is -2.40. The minimum atomic E-state index is -0.598. The molecule has 5 aliphatic heterocycles. The summed E-state index contributed by atoms with van der Waals surface area (Å²) in [7, 11) is 0. The maximum absolute atomic E-state index is 13.8. The standard InChI is InChI=1S/C44H46FN5O5/c45-32-5-1-29(2-6-32)38-27-55-40-24-35(51)10-12-37(40)42(38)30-3-7-33(8-4-30)48-17-15-28(16-18-48)25-47-19-21-49(22-20-47)34-9-11-36-31(23-34)26-50(44(36)54)39-13-14-41(52)46-43(39)53/h1-12,23-24,28,38-39,42,51H,13-22,25-27H2,(H,46,52,53). The number of nitrogens with zero attached hydrogens (tertiary/aromatic N) is 4. The number of halogens is 1. The second-order valence-corrected chi connectivity index (χ2v) is 15.7. The molecule has 55 heavy (non-hydrogen) atoms. The molecule has 5 heterocycles. The predicted octanol–water partition coefficient (Wildman–Crippen LogP) is 5.64. The Bertz CT molecular complexity index is 2090. The lowest BCUT2D eigenvalue weighted by molar-refractivity contribution is -0.136. The van der Waals surface area contributed by atoms with Gasteiger partial charge in [0.15, 0.2) is 0 Å². The number of carbonyl (C=O) groups is 3. The lowest BCUT2D eigenvalue weighted by atomic mass is 9.76. The van der Waals surface area contributed by atoms with Gasteiger partial charge in [0.05, 0.1) is 6.61 Å². The zero-order valence-corrected chi connectivity index (χ0v) is 30.8. The van der Waals surface area contributed by atoms with Crippen molar-refractivity contribution in [1.82, 2.24) is 15.1 Å². The molecule has 3 saturated heterocycles. The third-order valence-corrected chi connectivity index (χ3v) is 12.4. The number of carbonyl (C=O) groups excluding carboxylic acids is 3. The third kappa shape index (κ3) is 7.01. The van der Waals surface area contributed by atoms with Gasteiger partial charge in [-0.1, -0.05) is 30.3 Å². The van der Waals surface area contributed by atoms with E-state index in [2.05, 4.69) is 50.3 Å². The predicted molar refractivity (Wildman–Crippen MR) is 207 cm³/mol. The number of piperazine rings is 1. The van der Waals surface area contributed by atoms with E-state index in [-0.39, 0.29) is 47.5 Å². The molecule has 284 valence electrons. The zero-order valence-electron chi connectivity index (χ0n) is 30.8. The molecule has 2 N–H and O–H groups in total. The van der Waals surface area contributed by atoms with Crippen molar-refractivity contribution in [3.8, 4) is 11.5 Å². The summed E-state index contributed by atoms with van der Waals surface area (Å²) in [5.41, 5.74) is 7.15. The second-order valence-electron chi connectivity index (χ2n) is 15.7. The van der Waals surface area contributed by atoms with Gasteiger partial charge in [0, 0.05) is 99.2 Å². The molecule has 9 rings (SSSR count). The van der Waals surface area contributed by atoms with Gasteiger partial charge in [0.1, 0.15) is 23.4 Å². The van der Waals surface area contributed by atoms with Crippen molar-refractivity contribution in [1.29, 1.82) is 0 Å². The average molecular weight is 744 g/mol. The number of amides is 3. The van der Waals surface area contributed by atoms with Gasteiger partial charge in [-0.25, -0.2) is 4.39 Å². The van der Waals surface area contributed by atoms with E-state index < -0.39 is 6.04 Å². The van der Waals surface area contributed by atoms with E-state index in [1.807, 2.05) is 30.3 Å². The quantitative estimate of drug-likeness (QED) is 0.235. The Balaban J connectivity index is 0.783. The third-order valence-electron chi connectivity index (χ3n) is 12.4. The Labute approximate surface area is 320 Å². The van der Waals surface area contributed by atoms with Gasteiger partial charge in [-0.15, -0.1) is 0 Å². The molecule has 4 aromatic rings. The Morgan fingerprint density at radius 2 is 1.47 bits per heavy atom. The number of rotatable bonds is 7. The van der Waals surface area contributed by atoms with Crippen LogP contribution in [-0.4, -0.2) is 91.1 Å². The number of anilines is 2. The Morgan fingerprint density at radius 3 is 2.22 bits per heavy atom. The molecule has 0 aliphatic carbocycles. The second kappa shape index (κ2) is 14.7. The molecule has 3 fully saturated rings. The topological polar surface area (TPSA) is 106 Å². The van der Waals surface area contributed by atoms with E-state index >= 15 is 0 Å². The van der Waals surface area contributed by atoms with Crippen molar-refractivity contribution in [3.63, 3.8) is 0 Å². The van der Waals surface area contributed by atoms with Crippen molar-refractivity contribution in [2.24, 2.45) is 5.92 Å². The number of piperidine rings is 2. The molecule has 11 heteroatoms. The maximum Gasteiger partial charge on any atom is 0.255 e. The van der Waals surface area contributed by atoms with Gasteiger partial charge < -0.3 is 24.5 Å². The van der Waals surface area contributed by atoms with Crippen molar-refractivity contribution in [2.75, 3.05) is 62.2 Å². The molecule has 0 bridgehead atoms. The highest BCUT2D eigenvalue weighted by molar-refractivity contribution is 6.05. The highest BCUT2D eigenvalue weighted by Crippen LogP contribution is 2.47. The van der Waals surface area contributed by atoms with Gasteiger partial charge >= 0.3 is 0 Å². The molecule has 3 atom stereocenters. The molecule has 0 saturated carbocycles. The summed E-state index contributed by atoms with van der Waals surface area (Å²) < 4.78 is 19.9. The zero-order chi connectivity index (χ0) is 37.6. The van der Waals surface area contributed by atoms with Crippen LogP contribution in [0.1, 0.15) is 70.1 Å². The first-order valence-corrected chi connectivity index (χ1v) is 19.6. The van der Waals surface area contributed by atoms with Gasteiger partial charge in [-0.2, -0.15) is 0 Å². The molecular weight excluding hydrogens is 698 g/mol. The highest BCUT2D eigenvalue weighted by Gasteiger charge is 2.39.